The molecule has 1 saturated heterocycles. The highest BCUT2D eigenvalue weighted by molar-refractivity contribution is 9.10. The number of hydrogen-bond donors (Lipinski definition) is 1. The monoisotopic (exact) mass is 284 g/mol. The van der Waals surface area contributed by atoms with Gasteiger partial charge in [0.15, 0.2) is 0 Å². The average Bonchev–Trinajstić information content (AvgIpc) is 2.70. The minimum atomic E-state index is 0.477. The molecule has 3 rings (SSSR count). The maximum Gasteiger partial charge on any atom is 0.124 e. The van der Waals surface area contributed by atoms with Gasteiger partial charge in [0.1, 0.15) is 5.69 Å². The van der Waals surface area contributed by atoms with Crippen LogP contribution in [0.4, 0.5) is 0 Å². The van der Waals surface area contributed by atoms with E-state index < -0.39 is 0 Å². The smallest absolute Gasteiger partial charge is 0.124 e. The summed E-state index contributed by atoms with van der Waals surface area (Å²) in [7, 11) is 0. The average molecular weight is 285 g/mol. The fourth-order valence-electron chi connectivity index (χ4n) is 1.50. The second-order valence-electron chi connectivity index (χ2n) is 3.49. The Morgan fingerprint density at radius 1 is 1.53 bits per heavy atom. The number of nitrogens with one attached hydrogen (secondary N) is 1. The molecule has 0 amide bonds. The predicted octanol–water partition coefficient (Wildman–Crippen LogP) is 1.91. The van der Waals surface area contributed by atoms with Gasteiger partial charge in [0.25, 0.3) is 0 Å². The van der Waals surface area contributed by atoms with E-state index in [2.05, 4.69) is 31.6 Å². The van der Waals surface area contributed by atoms with Crippen LogP contribution in [0, 0.1) is 0 Å². The zero-order valence-corrected chi connectivity index (χ0v) is 10.3. The first-order valence-electron chi connectivity index (χ1n) is 4.70. The largest absolute Gasteiger partial charge is 0.312 e. The maximum absolute atomic E-state index is 4.19. The van der Waals surface area contributed by atoms with Crippen LogP contribution >= 0.6 is 27.3 Å². The molecule has 1 N–H and O–H groups in total. The molecule has 78 valence electrons. The first kappa shape index (κ1) is 9.50. The first-order chi connectivity index (χ1) is 7.34. The Kier molecular flexibility index (Phi) is 2.34. The Morgan fingerprint density at radius 3 is 3.00 bits per heavy atom. The highest BCUT2D eigenvalue weighted by Crippen LogP contribution is 2.32. The van der Waals surface area contributed by atoms with Crippen LogP contribution in [0.25, 0.3) is 10.6 Å². The molecule has 0 spiro atoms. The molecular formula is C9H9BrN4S. The number of thiophene rings is 1. The Labute approximate surface area is 99.4 Å². The van der Waals surface area contributed by atoms with E-state index in [1.165, 1.54) is 0 Å². The van der Waals surface area contributed by atoms with Crippen LogP contribution < -0.4 is 5.32 Å². The molecule has 1 aliphatic heterocycles. The van der Waals surface area contributed by atoms with E-state index in [-0.39, 0.29) is 0 Å². The number of halogens is 1. The molecule has 2 aromatic heterocycles. The van der Waals surface area contributed by atoms with E-state index in [1.807, 2.05) is 22.3 Å². The molecule has 0 radical (unpaired) electrons. The molecule has 3 heterocycles. The van der Waals surface area contributed by atoms with E-state index >= 15 is 0 Å². The lowest BCUT2D eigenvalue weighted by Gasteiger charge is -2.26. The van der Waals surface area contributed by atoms with Gasteiger partial charge in [0.05, 0.1) is 17.1 Å². The SMILES string of the molecule is Brc1ccsc1-c1cn(C2CNC2)nn1. The predicted molar refractivity (Wildman–Crippen MR) is 62.9 cm³/mol. The van der Waals surface area contributed by atoms with E-state index in [0.29, 0.717) is 6.04 Å². The van der Waals surface area contributed by atoms with Gasteiger partial charge >= 0.3 is 0 Å². The van der Waals surface area contributed by atoms with Crippen molar-refractivity contribution in [2.24, 2.45) is 0 Å². The lowest BCUT2D eigenvalue weighted by atomic mass is 10.2. The molecule has 6 heteroatoms. The molecule has 0 atom stereocenters. The van der Waals surface area contributed by atoms with Gasteiger partial charge in [0.2, 0.25) is 0 Å². The summed E-state index contributed by atoms with van der Waals surface area (Å²) in [6, 6.07) is 2.51. The number of aromatic nitrogens is 3. The second kappa shape index (κ2) is 3.70. The summed E-state index contributed by atoms with van der Waals surface area (Å²) < 4.78 is 3.03. The molecule has 0 bridgehead atoms. The van der Waals surface area contributed by atoms with Gasteiger partial charge < -0.3 is 5.32 Å². The zero-order chi connectivity index (χ0) is 10.3. The van der Waals surface area contributed by atoms with E-state index in [4.69, 9.17) is 0 Å². The van der Waals surface area contributed by atoms with Crippen LogP contribution in [0.3, 0.4) is 0 Å². The summed E-state index contributed by atoms with van der Waals surface area (Å²) in [5, 5.41) is 13.6. The van der Waals surface area contributed by atoms with Crippen molar-refractivity contribution < 1.29 is 0 Å². The van der Waals surface area contributed by atoms with E-state index in [1.54, 1.807) is 11.3 Å². The number of nitrogens with zero attached hydrogens (tertiary/aromatic N) is 3. The highest BCUT2D eigenvalue weighted by atomic mass is 79.9. The lowest BCUT2D eigenvalue weighted by molar-refractivity contribution is 0.313. The van der Waals surface area contributed by atoms with E-state index in [0.717, 1.165) is 28.1 Å². The molecule has 0 saturated carbocycles. The van der Waals surface area contributed by atoms with Gasteiger partial charge in [-0.3, -0.25) is 0 Å². The maximum atomic E-state index is 4.19. The van der Waals surface area contributed by atoms with Gasteiger partial charge in [-0.05, 0) is 27.4 Å². The molecule has 1 aliphatic rings. The third-order valence-corrected chi connectivity index (χ3v) is 4.35. The quantitative estimate of drug-likeness (QED) is 0.916. The summed E-state index contributed by atoms with van der Waals surface area (Å²) in [6.07, 6.45) is 2.02. The van der Waals surface area contributed by atoms with Gasteiger partial charge in [-0.2, -0.15) is 0 Å². The third-order valence-electron chi connectivity index (χ3n) is 2.49. The Morgan fingerprint density at radius 2 is 2.40 bits per heavy atom. The molecule has 1 fully saturated rings. The van der Waals surface area contributed by atoms with Crippen LogP contribution in [0.5, 0.6) is 0 Å². The van der Waals surface area contributed by atoms with Gasteiger partial charge in [-0.1, -0.05) is 5.21 Å². The molecular weight excluding hydrogens is 276 g/mol. The first-order valence-corrected chi connectivity index (χ1v) is 6.38. The van der Waals surface area contributed by atoms with Crippen molar-refractivity contribution >= 4 is 27.3 Å². The third kappa shape index (κ3) is 1.62. The Bertz CT molecular complexity index is 474. The number of rotatable bonds is 2. The molecule has 0 aromatic carbocycles. The molecule has 0 unspecified atom stereocenters. The van der Waals surface area contributed by atoms with Gasteiger partial charge in [-0.25, -0.2) is 4.68 Å². The van der Waals surface area contributed by atoms with Crippen molar-refractivity contribution in [2.75, 3.05) is 13.1 Å². The summed E-state index contributed by atoms with van der Waals surface area (Å²) in [5.74, 6) is 0. The van der Waals surface area contributed by atoms with Crippen molar-refractivity contribution in [3.05, 3.63) is 22.1 Å². The topological polar surface area (TPSA) is 42.7 Å². The summed E-state index contributed by atoms with van der Waals surface area (Å²) in [4.78, 5) is 1.15. The van der Waals surface area contributed by atoms with Gasteiger partial charge in [0, 0.05) is 17.6 Å². The van der Waals surface area contributed by atoms with Crippen molar-refractivity contribution in [3.8, 4) is 10.6 Å². The summed E-state index contributed by atoms with van der Waals surface area (Å²) in [5.41, 5.74) is 0.948. The summed E-state index contributed by atoms with van der Waals surface area (Å²) in [6.45, 7) is 1.99. The van der Waals surface area contributed by atoms with Crippen LogP contribution in [-0.4, -0.2) is 28.1 Å². The van der Waals surface area contributed by atoms with Crippen LogP contribution in [0.1, 0.15) is 6.04 Å². The molecule has 15 heavy (non-hydrogen) atoms. The van der Waals surface area contributed by atoms with Crippen molar-refractivity contribution in [3.63, 3.8) is 0 Å². The zero-order valence-electron chi connectivity index (χ0n) is 7.85. The fraction of sp³-hybridized carbons (Fsp3) is 0.333. The van der Waals surface area contributed by atoms with Crippen molar-refractivity contribution in [2.45, 2.75) is 6.04 Å². The number of hydrogen-bond acceptors (Lipinski definition) is 4. The Hall–Kier alpha value is -0.720. The molecule has 2 aromatic rings. The molecule has 0 aliphatic carbocycles. The van der Waals surface area contributed by atoms with Crippen LogP contribution in [-0.2, 0) is 0 Å². The minimum absolute atomic E-state index is 0.477. The van der Waals surface area contributed by atoms with E-state index in [9.17, 15) is 0 Å². The Balaban J connectivity index is 1.93. The van der Waals surface area contributed by atoms with Crippen LogP contribution in [0.2, 0.25) is 0 Å². The van der Waals surface area contributed by atoms with Crippen molar-refractivity contribution in [1.29, 1.82) is 0 Å². The highest BCUT2D eigenvalue weighted by Gasteiger charge is 2.20. The normalized spacial score (nSPS) is 16.6. The standard InChI is InChI=1S/C9H9BrN4S/c10-7-1-2-15-9(7)8-5-14(13-12-8)6-3-11-4-6/h1-2,5-6,11H,3-4H2. The summed E-state index contributed by atoms with van der Waals surface area (Å²) >= 11 is 5.18. The fourth-order valence-corrected chi connectivity index (χ4v) is 3.02. The second-order valence-corrected chi connectivity index (χ2v) is 5.26. The lowest BCUT2D eigenvalue weighted by Crippen LogP contribution is -2.43. The molecule has 4 nitrogen and oxygen atoms in total. The van der Waals surface area contributed by atoms with Crippen molar-refractivity contribution in [1.82, 2.24) is 20.3 Å². The minimum Gasteiger partial charge on any atom is -0.312 e. The van der Waals surface area contributed by atoms with Crippen LogP contribution in [0.15, 0.2) is 22.1 Å². The van der Waals surface area contributed by atoms with Gasteiger partial charge in [-0.15, -0.1) is 16.4 Å².